The smallest absolute Gasteiger partial charge is 0.302 e. The molecule has 1 aliphatic rings. The standard InChI is InChI=1S/C33H47N5O9S/c1-20(2)17-26(35-28(40)13-15-38-29(41)11-12-30(38)42)32(44)37-27(18-21(3)4)33(45)36-25(14-16-48(6)46)31(43)34-24-9-7-23(8-10-24)19-47-22(5)39/h7-12,20-21,25-27H,13-19H2,1-6H3,(H,34,43)(H,35,40)(H,36,45)(H,37,44)/t25-,26+,27-,48?/m0/s1. The number of anilines is 1. The molecule has 0 bridgehead atoms. The summed E-state index contributed by atoms with van der Waals surface area (Å²) in [6.45, 7) is 8.70. The third kappa shape index (κ3) is 14.3. The molecule has 1 aliphatic heterocycles. The van der Waals surface area contributed by atoms with Crippen LogP contribution in [0.1, 0.15) is 65.9 Å². The molecule has 0 saturated heterocycles. The van der Waals surface area contributed by atoms with Crippen molar-refractivity contribution in [3.8, 4) is 0 Å². The van der Waals surface area contributed by atoms with Crippen molar-refractivity contribution < 1.29 is 42.9 Å². The van der Waals surface area contributed by atoms with Gasteiger partial charge in [0, 0.05) is 44.1 Å². The molecule has 1 aromatic rings. The maximum Gasteiger partial charge on any atom is 0.302 e. The minimum Gasteiger partial charge on any atom is -0.617 e. The number of carbonyl (C=O) groups is 7. The fourth-order valence-corrected chi connectivity index (χ4v) is 5.30. The van der Waals surface area contributed by atoms with Crippen LogP contribution >= 0.6 is 0 Å². The van der Waals surface area contributed by atoms with Gasteiger partial charge < -0.3 is 30.6 Å². The summed E-state index contributed by atoms with van der Waals surface area (Å²) in [5.74, 6) is -3.68. The molecule has 0 aliphatic carbocycles. The Morgan fingerprint density at radius 3 is 1.83 bits per heavy atom. The molecule has 1 aromatic carbocycles. The van der Waals surface area contributed by atoms with Gasteiger partial charge in [0.25, 0.3) is 11.8 Å². The van der Waals surface area contributed by atoms with Gasteiger partial charge in [-0.05, 0) is 42.4 Å². The number of amides is 6. The number of carbonyl (C=O) groups excluding carboxylic acids is 7. The van der Waals surface area contributed by atoms with E-state index in [1.54, 1.807) is 24.3 Å². The second-order valence-electron chi connectivity index (χ2n) is 12.4. The minimum absolute atomic E-state index is 0.0110. The molecule has 15 heteroatoms. The molecule has 48 heavy (non-hydrogen) atoms. The van der Waals surface area contributed by atoms with Crippen LogP contribution in [-0.4, -0.2) is 87.5 Å². The number of hydrogen-bond acceptors (Lipinski definition) is 9. The molecule has 2 rings (SSSR count). The minimum atomic E-state index is -1.25. The van der Waals surface area contributed by atoms with Gasteiger partial charge in [0.05, 0.1) is 6.26 Å². The van der Waals surface area contributed by atoms with Crippen LogP contribution in [0.4, 0.5) is 5.69 Å². The Kier molecular flexibility index (Phi) is 16.3. The van der Waals surface area contributed by atoms with Gasteiger partial charge in [-0.3, -0.25) is 38.5 Å². The Morgan fingerprint density at radius 2 is 1.33 bits per heavy atom. The van der Waals surface area contributed by atoms with Crippen molar-refractivity contribution in [2.45, 2.75) is 85.0 Å². The van der Waals surface area contributed by atoms with Crippen LogP contribution in [0.15, 0.2) is 36.4 Å². The molecule has 14 nitrogen and oxygen atoms in total. The predicted octanol–water partition coefficient (Wildman–Crippen LogP) is 1.32. The average molecular weight is 690 g/mol. The second-order valence-corrected chi connectivity index (χ2v) is 14.0. The highest BCUT2D eigenvalue weighted by atomic mass is 32.2. The molecular weight excluding hydrogens is 642 g/mol. The van der Waals surface area contributed by atoms with E-state index in [0.29, 0.717) is 11.3 Å². The quantitative estimate of drug-likeness (QED) is 0.0939. The van der Waals surface area contributed by atoms with Gasteiger partial charge in [-0.15, -0.1) is 0 Å². The highest BCUT2D eigenvalue weighted by Gasteiger charge is 2.31. The van der Waals surface area contributed by atoms with E-state index in [2.05, 4.69) is 21.3 Å². The zero-order valence-corrected chi connectivity index (χ0v) is 29.1. The normalized spacial score (nSPS) is 15.1. The molecule has 0 saturated carbocycles. The van der Waals surface area contributed by atoms with Crippen LogP contribution in [0.25, 0.3) is 0 Å². The molecule has 0 fully saturated rings. The molecule has 0 spiro atoms. The summed E-state index contributed by atoms with van der Waals surface area (Å²) in [5, 5.41) is 10.8. The van der Waals surface area contributed by atoms with E-state index in [1.807, 2.05) is 27.7 Å². The molecule has 0 aromatic heterocycles. The van der Waals surface area contributed by atoms with Gasteiger partial charge in [-0.1, -0.05) is 51.0 Å². The molecule has 6 amide bonds. The van der Waals surface area contributed by atoms with E-state index < -0.39 is 70.7 Å². The Hall–Kier alpha value is -4.24. The number of ether oxygens (including phenoxy) is 1. The Morgan fingerprint density at radius 1 is 0.812 bits per heavy atom. The van der Waals surface area contributed by atoms with Crippen LogP contribution in [0, 0.1) is 11.8 Å². The zero-order valence-electron chi connectivity index (χ0n) is 28.3. The van der Waals surface area contributed by atoms with Gasteiger partial charge in [0.1, 0.15) is 30.5 Å². The third-order valence-electron chi connectivity index (χ3n) is 7.15. The summed E-state index contributed by atoms with van der Waals surface area (Å²) in [4.78, 5) is 88.8. The van der Waals surface area contributed by atoms with E-state index in [1.165, 1.54) is 13.2 Å². The van der Waals surface area contributed by atoms with Crippen LogP contribution in [-0.2, 0) is 56.1 Å². The van der Waals surface area contributed by atoms with Crippen LogP contribution < -0.4 is 21.3 Å². The van der Waals surface area contributed by atoms with Crippen molar-refractivity contribution in [1.82, 2.24) is 20.9 Å². The van der Waals surface area contributed by atoms with Gasteiger partial charge >= 0.3 is 5.97 Å². The van der Waals surface area contributed by atoms with E-state index in [4.69, 9.17) is 4.74 Å². The Labute approximate surface area is 284 Å². The topological polar surface area (TPSA) is 203 Å². The van der Waals surface area contributed by atoms with Gasteiger partial charge in [0.2, 0.25) is 23.6 Å². The summed E-state index contributed by atoms with van der Waals surface area (Å²) >= 11 is -1.25. The van der Waals surface area contributed by atoms with Crippen molar-refractivity contribution in [3.63, 3.8) is 0 Å². The maximum absolute atomic E-state index is 13.6. The zero-order chi connectivity index (χ0) is 36.0. The van der Waals surface area contributed by atoms with Crippen molar-refractivity contribution in [2.75, 3.05) is 23.9 Å². The Bertz CT molecular complexity index is 1330. The molecule has 4 atom stereocenters. The predicted molar refractivity (Wildman–Crippen MR) is 179 cm³/mol. The summed E-state index contributed by atoms with van der Waals surface area (Å²) in [6.07, 6.45) is 4.07. The Balaban J connectivity index is 2.13. The molecule has 264 valence electrons. The SMILES string of the molecule is CC(=O)OCc1ccc(NC(=O)[C@H](CC[S+](C)[O-])NC(=O)[C@H](CC(C)C)NC(=O)[C@@H](CC(C)C)NC(=O)CCN2C(=O)C=CC2=O)cc1. The van der Waals surface area contributed by atoms with Crippen LogP contribution in [0.2, 0.25) is 0 Å². The fraction of sp³-hybridized carbons (Fsp3) is 0.545. The van der Waals surface area contributed by atoms with E-state index >= 15 is 0 Å². The third-order valence-corrected chi connectivity index (χ3v) is 7.96. The lowest BCUT2D eigenvalue weighted by Gasteiger charge is -2.27. The lowest BCUT2D eigenvalue weighted by molar-refractivity contribution is -0.142. The van der Waals surface area contributed by atoms with Crippen molar-refractivity contribution in [1.29, 1.82) is 0 Å². The largest absolute Gasteiger partial charge is 0.617 e. The van der Waals surface area contributed by atoms with Crippen molar-refractivity contribution in [2.24, 2.45) is 11.8 Å². The van der Waals surface area contributed by atoms with Gasteiger partial charge in [-0.2, -0.15) is 0 Å². The van der Waals surface area contributed by atoms with E-state index in [-0.39, 0.29) is 56.4 Å². The first-order valence-corrected chi connectivity index (χ1v) is 17.5. The maximum atomic E-state index is 13.6. The van der Waals surface area contributed by atoms with Crippen molar-refractivity contribution >= 4 is 58.3 Å². The van der Waals surface area contributed by atoms with E-state index in [0.717, 1.165) is 17.1 Å². The first-order chi connectivity index (χ1) is 22.5. The lowest BCUT2D eigenvalue weighted by atomic mass is 9.99. The lowest BCUT2D eigenvalue weighted by Crippen LogP contribution is -2.57. The number of nitrogens with one attached hydrogen (secondary N) is 4. The molecule has 1 heterocycles. The number of esters is 1. The molecular formula is C33H47N5O9S. The highest BCUT2D eigenvalue weighted by Crippen LogP contribution is 2.14. The fourth-order valence-electron chi connectivity index (χ4n) is 4.73. The summed E-state index contributed by atoms with van der Waals surface area (Å²) in [6, 6.07) is 3.45. The van der Waals surface area contributed by atoms with Crippen molar-refractivity contribution in [3.05, 3.63) is 42.0 Å². The molecule has 4 N–H and O–H groups in total. The van der Waals surface area contributed by atoms with E-state index in [9.17, 15) is 38.1 Å². The molecule has 1 unspecified atom stereocenters. The summed E-state index contributed by atoms with van der Waals surface area (Å²) < 4.78 is 16.9. The average Bonchev–Trinajstić information content (AvgIpc) is 3.32. The first-order valence-electron chi connectivity index (χ1n) is 15.8. The summed E-state index contributed by atoms with van der Waals surface area (Å²) in [7, 11) is 0. The molecule has 0 radical (unpaired) electrons. The summed E-state index contributed by atoms with van der Waals surface area (Å²) in [5.41, 5.74) is 1.14. The number of benzene rings is 1. The highest BCUT2D eigenvalue weighted by molar-refractivity contribution is 7.90. The number of nitrogens with zero attached hydrogens (tertiary/aromatic N) is 1. The number of rotatable bonds is 19. The van der Waals surface area contributed by atoms with Gasteiger partial charge in [-0.25, -0.2) is 0 Å². The number of hydrogen-bond donors (Lipinski definition) is 4. The van der Waals surface area contributed by atoms with Crippen LogP contribution in [0.3, 0.4) is 0 Å². The second kappa shape index (κ2) is 19.5. The monoisotopic (exact) mass is 689 g/mol. The van der Waals surface area contributed by atoms with Crippen LogP contribution in [0.5, 0.6) is 0 Å². The first kappa shape index (κ1) is 39.9. The van der Waals surface area contributed by atoms with Gasteiger partial charge in [0.15, 0.2) is 0 Å². The number of imide groups is 1.